The van der Waals surface area contributed by atoms with Crippen molar-refractivity contribution in [3.63, 3.8) is 0 Å². The van der Waals surface area contributed by atoms with Crippen LogP contribution in [0.25, 0.3) is 0 Å². The van der Waals surface area contributed by atoms with E-state index in [0.29, 0.717) is 11.4 Å². The molecule has 0 fully saturated rings. The van der Waals surface area contributed by atoms with Crippen LogP contribution in [0.3, 0.4) is 0 Å². The normalized spacial score (nSPS) is 10.3. The van der Waals surface area contributed by atoms with Crippen LogP contribution in [0.4, 0.5) is 0 Å². The molecule has 2 N–H and O–H groups in total. The third-order valence-corrected chi connectivity index (χ3v) is 3.20. The first-order valence-corrected chi connectivity index (χ1v) is 7.47. The summed E-state index contributed by atoms with van der Waals surface area (Å²) in [5.41, 5.74) is 0.958. The Bertz CT molecular complexity index is 599. The van der Waals surface area contributed by atoms with Crippen LogP contribution < -0.4 is 0 Å². The van der Waals surface area contributed by atoms with E-state index >= 15 is 0 Å². The zero-order valence-corrected chi connectivity index (χ0v) is 14.5. The summed E-state index contributed by atoms with van der Waals surface area (Å²) in [4.78, 5) is 19.0. The van der Waals surface area contributed by atoms with Crippen molar-refractivity contribution in [3.05, 3.63) is 59.1 Å². The van der Waals surface area contributed by atoms with Crippen LogP contribution in [0, 0.1) is 0 Å². The lowest BCUT2D eigenvalue weighted by Crippen LogP contribution is -2.18. The summed E-state index contributed by atoms with van der Waals surface area (Å²) in [6.07, 6.45) is 0.450. The number of benzene rings is 2. The second kappa shape index (κ2) is 12.2. The molecule has 5 nitrogen and oxygen atoms in total. The predicted octanol–water partition coefficient (Wildman–Crippen LogP) is 3.58. The highest BCUT2D eigenvalue weighted by Gasteiger charge is 2.15. The number of methoxy groups -OCH3 is 1. The van der Waals surface area contributed by atoms with Gasteiger partial charge in [-0.05, 0) is 36.2 Å². The minimum absolute atomic E-state index is 0.0880. The Kier molecular flexibility index (Phi) is 11.1. The van der Waals surface area contributed by atoms with E-state index in [-0.39, 0.29) is 11.5 Å². The Labute approximate surface area is 150 Å². The molecule has 0 amide bonds. The van der Waals surface area contributed by atoms with Gasteiger partial charge in [-0.3, -0.25) is 4.79 Å². The number of carbonyl (C=O) groups is 2. The van der Waals surface area contributed by atoms with Crippen LogP contribution in [0.15, 0.2) is 48.5 Å². The molecule has 2 aromatic carbocycles. The van der Waals surface area contributed by atoms with Crippen LogP contribution in [-0.2, 0) is 20.7 Å². The Morgan fingerprint density at radius 3 is 2.00 bits per heavy atom. The van der Waals surface area contributed by atoms with Gasteiger partial charge in [-0.2, -0.15) is 0 Å². The summed E-state index contributed by atoms with van der Waals surface area (Å²) >= 11 is 11.5. The third-order valence-electron chi connectivity index (χ3n) is 2.61. The fourth-order valence-electron chi connectivity index (χ4n) is 1.53. The van der Waals surface area contributed by atoms with Crippen molar-refractivity contribution in [1.29, 1.82) is 0 Å². The number of ether oxygens (including phenoxy) is 1. The van der Waals surface area contributed by atoms with E-state index in [1.807, 2.05) is 18.9 Å². The lowest BCUT2D eigenvalue weighted by Gasteiger charge is -2.06. The molecule has 0 saturated heterocycles. The Morgan fingerprint density at radius 1 is 1.12 bits per heavy atom. The predicted molar refractivity (Wildman–Crippen MR) is 93.7 cm³/mol. The van der Waals surface area contributed by atoms with Crippen LogP contribution in [0.5, 0.6) is 11.5 Å². The number of aromatic hydroxyl groups is 2. The van der Waals surface area contributed by atoms with E-state index in [4.69, 9.17) is 38.2 Å². The fourth-order valence-corrected chi connectivity index (χ4v) is 1.92. The summed E-state index contributed by atoms with van der Waals surface area (Å²) in [6, 6.07) is 13.0. The standard InChI is InChI=1S/C10H10Cl2O2.C6H6O2.CH2O/c1-14-10(13)9(12)6-7-2-4-8(11)5-3-7;7-5-2-1-3-6(8)4-5;1-2/h2-5,9H,6H2,1H3;1-4,7-8H;1H2. The highest BCUT2D eigenvalue weighted by Crippen LogP contribution is 2.15. The largest absolute Gasteiger partial charge is 0.508 e. The number of phenols is 2. The monoisotopic (exact) mass is 372 g/mol. The van der Waals surface area contributed by atoms with Crippen molar-refractivity contribution in [1.82, 2.24) is 0 Å². The Morgan fingerprint density at radius 2 is 1.62 bits per heavy atom. The molecule has 0 aliphatic heterocycles. The van der Waals surface area contributed by atoms with Gasteiger partial charge >= 0.3 is 5.97 Å². The van der Waals surface area contributed by atoms with Crippen molar-refractivity contribution in [3.8, 4) is 11.5 Å². The summed E-state index contributed by atoms with van der Waals surface area (Å²) in [5, 5.41) is 17.3. The van der Waals surface area contributed by atoms with Crippen molar-refractivity contribution in [2.45, 2.75) is 11.8 Å². The van der Waals surface area contributed by atoms with Gasteiger partial charge in [0, 0.05) is 11.1 Å². The molecule has 130 valence electrons. The molecule has 0 aromatic heterocycles. The van der Waals surface area contributed by atoms with Crippen LogP contribution in [-0.4, -0.2) is 35.5 Å². The summed E-state index contributed by atoms with van der Waals surface area (Å²) in [5.74, 6) is -0.239. The molecule has 0 aliphatic carbocycles. The van der Waals surface area contributed by atoms with Crippen LogP contribution in [0.2, 0.25) is 5.02 Å². The second-order valence-corrected chi connectivity index (χ2v) is 5.30. The van der Waals surface area contributed by atoms with E-state index in [9.17, 15) is 4.79 Å². The average Bonchev–Trinajstić information content (AvgIpc) is 2.58. The lowest BCUT2D eigenvalue weighted by molar-refractivity contribution is -0.140. The van der Waals surface area contributed by atoms with Gasteiger partial charge < -0.3 is 19.7 Å². The van der Waals surface area contributed by atoms with Crippen molar-refractivity contribution in [2.75, 3.05) is 7.11 Å². The molecular weight excluding hydrogens is 355 g/mol. The molecule has 0 aliphatic rings. The molecule has 0 spiro atoms. The lowest BCUT2D eigenvalue weighted by atomic mass is 10.1. The topological polar surface area (TPSA) is 83.8 Å². The number of carbonyl (C=O) groups excluding carboxylic acids is 2. The van der Waals surface area contributed by atoms with Gasteiger partial charge in [0.05, 0.1) is 7.11 Å². The molecule has 1 atom stereocenters. The maximum absolute atomic E-state index is 11.0. The van der Waals surface area contributed by atoms with E-state index in [1.54, 1.807) is 18.2 Å². The van der Waals surface area contributed by atoms with Crippen molar-refractivity contribution >= 4 is 36.0 Å². The van der Waals surface area contributed by atoms with E-state index in [2.05, 4.69) is 4.74 Å². The smallest absolute Gasteiger partial charge is 0.324 e. The quantitative estimate of drug-likeness (QED) is 0.635. The van der Waals surface area contributed by atoms with Gasteiger partial charge in [-0.15, -0.1) is 11.6 Å². The molecule has 2 aromatic rings. The van der Waals surface area contributed by atoms with Crippen molar-refractivity contribution in [2.24, 2.45) is 0 Å². The molecule has 24 heavy (non-hydrogen) atoms. The van der Waals surface area contributed by atoms with Crippen molar-refractivity contribution < 1.29 is 24.5 Å². The number of phenolic OH excluding ortho intramolecular Hbond substituents is 2. The maximum Gasteiger partial charge on any atom is 0.324 e. The summed E-state index contributed by atoms with van der Waals surface area (Å²) in [7, 11) is 1.32. The second-order valence-electron chi connectivity index (χ2n) is 4.34. The number of alkyl halides is 1. The van der Waals surface area contributed by atoms with Gasteiger partial charge in [0.25, 0.3) is 0 Å². The molecule has 0 radical (unpaired) electrons. The zero-order valence-electron chi connectivity index (χ0n) is 13.0. The Hall–Kier alpha value is -2.24. The van der Waals surface area contributed by atoms with E-state index in [0.717, 1.165) is 5.56 Å². The summed E-state index contributed by atoms with van der Waals surface area (Å²) in [6.45, 7) is 2.00. The molecule has 1 unspecified atom stereocenters. The fraction of sp³-hybridized carbons (Fsp3) is 0.176. The molecule has 2 rings (SSSR count). The maximum atomic E-state index is 11.0. The number of hydrogen-bond donors (Lipinski definition) is 2. The molecule has 0 saturated carbocycles. The Balaban J connectivity index is 0.000000447. The van der Waals surface area contributed by atoms with Gasteiger partial charge in [-0.25, -0.2) is 0 Å². The number of rotatable bonds is 3. The molecule has 7 heteroatoms. The summed E-state index contributed by atoms with van der Waals surface area (Å²) < 4.78 is 4.51. The SMILES string of the molecule is C=O.COC(=O)C(Cl)Cc1ccc(Cl)cc1.Oc1cccc(O)c1. The zero-order chi connectivity index (χ0) is 18.5. The number of esters is 1. The highest BCUT2D eigenvalue weighted by atomic mass is 35.5. The first kappa shape index (κ1) is 21.8. The van der Waals surface area contributed by atoms with Gasteiger partial charge in [-0.1, -0.05) is 29.8 Å². The van der Waals surface area contributed by atoms with Crippen LogP contribution in [0.1, 0.15) is 5.56 Å². The van der Waals surface area contributed by atoms with Gasteiger partial charge in [0.15, 0.2) is 0 Å². The molecular formula is C17H18Cl2O5. The molecule has 0 bridgehead atoms. The van der Waals surface area contributed by atoms with Gasteiger partial charge in [0.1, 0.15) is 23.7 Å². The third kappa shape index (κ3) is 9.02. The van der Waals surface area contributed by atoms with Gasteiger partial charge in [0.2, 0.25) is 0 Å². The number of halogens is 2. The van der Waals surface area contributed by atoms with E-state index in [1.165, 1.54) is 25.3 Å². The van der Waals surface area contributed by atoms with Crippen LogP contribution >= 0.6 is 23.2 Å². The number of hydrogen-bond acceptors (Lipinski definition) is 5. The molecule has 0 heterocycles. The highest BCUT2D eigenvalue weighted by molar-refractivity contribution is 6.30. The minimum atomic E-state index is -0.638. The minimum Gasteiger partial charge on any atom is -0.508 e. The first-order valence-electron chi connectivity index (χ1n) is 6.65. The van der Waals surface area contributed by atoms with E-state index < -0.39 is 11.3 Å². The first-order chi connectivity index (χ1) is 11.4. The average molecular weight is 373 g/mol.